The average Bonchev–Trinajstić information content (AvgIpc) is 2.17. The lowest BCUT2D eigenvalue weighted by Gasteiger charge is -1.96. The van der Waals surface area contributed by atoms with Crippen molar-refractivity contribution in [3.05, 3.63) is 48.6 Å². The van der Waals surface area contributed by atoms with Crippen LogP contribution in [0.4, 0.5) is 0 Å². The van der Waals surface area contributed by atoms with Crippen LogP contribution in [0.5, 0.6) is 0 Å². The number of hydrogen-bond acceptors (Lipinski definition) is 1. The molecule has 0 aliphatic carbocycles. The summed E-state index contributed by atoms with van der Waals surface area (Å²) in [5.41, 5.74) is 6.69. The molecule has 2 N–H and O–H groups in total. The Kier molecular flexibility index (Phi) is 3.81. The maximum Gasteiger partial charge on any atom is 0.0703 e. The highest BCUT2D eigenvalue weighted by molar-refractivity contribution is 5.34. The van der Waals surface area contributed by atoms with Crippen molar-refractivity contribution in [1.82, 2.24) is 0 Å². The Labute approximate surface area is 79.3 Å². The van der Waals surface area contributed by atoms with Crippen LogP contribution in [0.3, 0.4) is 0 Å². The molecule has 0 saturated carbocycles. The molecular formula is C12H13N. The molecule has 13 heavy (non-hydrogen) atoms. The Hall–Kier alpha value is -1.52. The second kappa shape index (κ2) is 5.18. The average molecular weight is 171 g/mol. The first-order valence-electron chi connectivity index (χ1n) is 4.26. The van der Waals surface area contributed by atoms with E-state index < -0.39 is 0 Å². The Morgan fingerprint density at radius 3 is 2.69 bits per heavy atom. The van der Waals surface area contributed by atoms with Crippen molar-refractivity contribution in [2.75, 3.05) is 0 Å². The molecule has 0 aromatic heterocycles. The second-order valence-electron chi connectivity index (χ2n) is 2.77. The second-order valence-corrected chi connectivity index (χ2v) is 2.77. The predicted octanol–water partition coefficient (Wildman–Crippen LogP) is 1.94. The number of nitrogens with two attached hydrogens (primary N) is 1. The number of hydrogen-bond donors (Lipinski definition) is 1. The van der Waals surface area contributed by atoms with Gasteiger partial charge in [-0.15, -0.1) is 6.58 Å². The smallest absolute Gasteiger partial charge is 0.0703 e. The molecule has 1 aromatic rings. The SMILES string of the molecule is C=CCC(N)C#Cc1ccccc1. The number of benzene rings is 1. The van der Waals surface area contributed by atoms with Gasteiger partial charge in [0.15, 0.2) is 0 Å². The molecule has 0 saturated heterocycles. The first-order valence-corrected chi connectivity index (χ1v) is 4.26. The predicted molar refractivity (Wildman–Crippen MR) is 56.1 cm³/mol. The highest BCUT2D eigenvalue weighted by atomic mass is 14.6. The monoisotopic (exact) mass is 171 g/mol. The summed E-state index contributed by atoms with van der Waals surface area (Å²) in [5, 5.41) is 0. The van der Waals surface area contributed by atoms with Gasteiger partial charge in [0, 0.05) is 5.56 Å². The van der Waals surface area contributed by atoms with E-state index in [2.05, 4.69) is 18.4 Å². The van der Waals surface area contributed by atoms with Crippen molar-refractivity contribution in [3.63, 3.8) is 0 Å². The highest BCUT2D eigenvalue weighted by Gasteiger charge is 1.90. The molecule has 0 heterocycles. The third-order valence-corrected chi connectivity index (χ3v) is 1.60. The molecule has 1 aromatic carbocycles. The van der Waals surface area contributed by atoms with Crippen molar-refractivity contribution in [3.8, 4) is 11.8 Å². The van der Waals surface area contributed by atoms with Crippen LogP contribution in [0.25, 0.3) is 0 Å². The molecule has 1 atom stereocenters. The normalized spacial score (nSPS) is 11.2. The van der Waals surface area contributed by atoms with E-state index in [9.17, 15) is 0 Å². The summed E-state index contributed by atoms with van der Waals surface area (Å²) in [6.45, 7) is 3.61. The molecule has 1 nitrogen and oxygen atoms in total. The van der Waals surface area contributed by atoms with Crippen LogP contribution in [0, 0.1) is 11.8 Å². The standard InChI is InChI=1S/C12H13N/c1-2-6-12(13)10-9-11-7-4-3-5-8-11/h2-5,7-8,12H,1,6,13H2. The van der Waals surface area contributed by atoms with Crippen molar-refractivity contribution in [1.29, 1.82) is 0 Å². The minimum absolute atomic E-state index is 0.0993. The maximum atomic E-state index is 5.69. The van der Waals surface area contributed by atoms with Gasteiger partial charge in [-0.05, 0) is 18.6 Å². The fraction of sp³-hybridized carbons (Fsp3) is 0.167. The summed E-state index contributed by atoms with van der Waals surface area (Å²) in [6, 6.07) is 9.72. The topological polar surface area (TPSA) is 26.0 Å². The van der Waals surface area contributed by atoms with Gasteiger partial charge >= 0.3 is 0 Å². The van der Waals surface area contributed by atoms with E-state index in [1.54, 1.807) is 6.08 Å². The Morgan fingerprint density at radius 2 is 2.08 bits per heavy atom. The summed E-state index contributed by atoms with van der Waals surface area (Å²) in [6.07, 6.45) is 2.52. The summed E-state index contributed by atoms with van der Waals surface area (Å²) in [4.78, 5) is 0. The van der Waals surface area contributed by atoms with E-state index in [-0.39, 0.29) is 6.04 Å². The molecular weight excluding hydrogens is 158 g/mol. The molecule has 0 fully saturated rings. The van der Waals surface area contributed by atoms with Gasteiger partial charge in [-0.25, -0.2) is 0 Å². The lowest BCUT2D eigenvalue weighted by molar-refractivity contribution is 0.863. The lowest BCUT2D eigenvalue weighted by Crippen LogP contribution is -2.15. The third kappa shape index (κ3) is 3.59. The number of rotatable bonds is 2. The zero-order valence-corrected chi connectivity index (χ0v) is 7.53. The van der Waals surface area contributed by atoms with Gasteiger partial charge in [0.2, 0.25) is 0 Å². The first-order chi connectivity index (χ1) is 6.33. The van der Waals surface area contributed by atoms with Gasteiger partial charge in [-0.2, -0.15) is 0 Å². The molecule has 66 valence electrons. The van der Waals surface area contributed by atoms with Gasteiger partial charge in [0.05, 0.1) is 6.04 Å². The Balaban J connectivity index is 2.62. The molecule has 0 amide bonds. The highest BCUT2D eigenvalue weighted by Crippen LogP contribution is 1.95. The molecule has 0 radical (unpaired) electrons. The van der Waals surface area contributed by atoms with Crippen LogP contribution < -0.4 is 5.73 Å². The fourth-order valence-electron chi connectivity index (χ4n) is 0.936. The lowest BCUT2D eigenvalue weighted by atomic mass is 10.2. The third-order valence-electron chi connectivity index (χ3n) is 1.60. The fourth-order valence-corrected chi connectivity index (χ4v) is 0.936. The summed E-state index contributed by atoms with van der Waals surface area (Å²) in [5.74, 6) is 5.96. The summed E-state index contributed by atoms with van der Waals surface area (Å²) in [7, 11) is 0. The van der Waals surface area contributed by atoms with Gasteiger partial charge in [-0.1, -0.05) is 36.1 Å². The first kappa shape index (κ1) is 9.57. The van der Waals surface area contributed by atoms with E-state index in [0.717, 1.165) is 12.0 Å². The minimum atomic E-state index is -0.0993. The minimum Gasteiger partial charge on any atom is -0.317 e. The van der Waals surface area contributed by atoms with E-state index in [1.807, 2.05) is 30.3 Å². The van der Waals surface area contributed by atoms with Gasteiger partial charge in [0.1, 0.15) is 0 Å². The van der Waals surface area contributed by atoms with Crippen LogP contribution in [0.15, 0.2) is 43.0 Å². The van der Waals surface area contributed by atoms with Crippen LogP contribution in [0.1, 0.15) is 12.0 Å². The summed E-state index contributed by atoms with van der Waals surface area (Å²) < 4.78 is 0. The van der Waals surface area contributed by atoms with Crippen LogP contribution in [0.2, 0.25) is 0 Å². The van der Waals surface area contributed by atoms with E-state index in [1.165, 1.54) is 0 Å². The molecule has 1 unspecified atom stereocenters. The van der Waals surface area contributed by atoms with Crippen LogP contribution >= 0.6 is 0 Å². The molecule has 1 rings (SSSR count). The quantitative estimate of drug-likeness (QED) is 0.534. The van der Waals surface area contributed by atoms with E-state index in [4.69, 9.17) is 5.73 Å². The Bertz CT molecular complexity index is 316. The molecule has 0 aliphatic rings. The van der Waals surface area contributed by atoms with Crippen molar-refractivity contribution < 1.29 is 0 Å². The van der Waals surface area contributed by atoms with Crippen molar-refractivity contribution in [2.45, 2.75) is 12.5 Å². The molecule has 1 heteroatoms. The van der Waals surface area contributed by atoms with E-state index in [0.29, 0.717) is 0 Å². The zero-order valence-electron chi connectivity index (χ0n) is 7.53. The summed E-state index contributed by atoms with van der Waals surface area (Å²) >= 11 is 0. The molecule has 0 bridgehead atoms. The molecule has 0 spiro atoms. The Morgan fingerprint density at radius 1 is 1.38 bits per heavy atom. The van der Waals surface area contributed by atoms with Gasteiger partial charge in [-0.3, -0.25) is 0 Å². The van der Waals surface area contributed by atoms with Gasteiger partial charge in [0.25, 0.3) is 0 Å². The van der Waals surface area contributed by atoms with Crippen LogP contribution in [-0.2, 0) is 0 Å². The van der Waals surface area contributed by atoms with Crippen LogP contribution in [-0.4, -0.2) is 6.04 Å². The zero-order chi connectivity index (χ0) is 9.52. The maximum absolute atomic E-state index is 5.69. The van der Waals surface area contributed by atoms with Crippen molar-refractivity contribution in [2.24, 2.45) is 5.73 Å². The van der Waals surface area contributed by atoms with Gasteiger partial charge < -0.3 is 5.73 Å². The molecule has 0 aliphatic heterocycles. The largest absolute Gasteiger partial charge is 0.317 e. The van der Waals surface area contributed by atoms with Crippen molar-refractivity contribution >= 4 is 0 Å². The van der Waals surface area contributed by atoms with E-state index >= 15 is 0 Å².